The molecule has 0 fully saturated rings. The Morgan fingerprint density at radius 3 is 1.31 bits per heavy atom. The molecule has 1 N–H and O–H groups in total. The molecule has 0 radical (unpaired) electrons. The number of likely N-dealkylation sites (N-methyl/N-ethyl adjacent to an activating group) is 1. The van der Waals surface area contributed by atoms with Gasteiger partial charge in [-0.15, -0.1) is 0 Å². The third kappa shape index (κ3) is 20.8. The van der Waals surface area contributed by atoms with Crippen molar-refractivity contribution < 1.29 is 42.1 Å². The van der Waals surface area contributed by atoms with Crippen LogP contribution in [-0.2, 0) is 58.4 Å². The van der Waals surface area contributed by atoms with Gasteiger partial charge in [-0.2, -0.15) is 20.5 Å². The quantitative estimate of drug-likeness (QED) is 0.0256. The van der Waals surface area contributed by atoms with Gasteiger partial charge in [-0.05, 0) is 122 Å². The summed E-state index contributed by atoms with van der Waals surface area (Å²) >= 11 is 0. The number of phosphoric ester groups is 1. The summed E-state index contributed by atoms with van der Waals surface area (Å²) in [6.07, 6.45) is 8.08. The minimum absolute atomic E-state index is 0.0198. The maximum atomic E-state index is 12.9. The smallest absolute Gasteiger partial charge is 0.462 e. The van der Waals surface area contributed by atoms with Gasteiger partial charge >= 0.3 is 19.8 Å². The zero-order chi connectivity index (χ0) is 44.6. The third-order valence-electron chi connectivity index (χ3n) is 9.81. The number of unbranched alkanes of at least 4 members (excludes halogenated alkanes) is 2. The van der Waals surface area contributed by atoms with E-state index in [1.165, 1.54) is 11.1 Å². The standard InChI is InChI=1S/C48H64N5O8P/c1-6-8-12-38-18-26-42(27-19-38)49-51-44-30-22-40(23-31-44)14-10-16-47(54)58-36-46(37-60-62(56,57)59-35-34-53(3,4)5)61-48(55)17-11-15-41-24-32-45(33-25-41)52-50-43-28-20-39(21-29-43)13-9-7-2/h18-33,46H,6-17,34-37H2,1-5H3/p+1. The van der Waals surface area contributed by atoms with Gasteiger partial charge in [0.2, 0.25) is 0 Å². The van der Waals surface area contributed by atoms with Crippen LogP contribution in [0.1, 0.15) is 87.5 Å². The molecule has 0 aliphatic rings. The van der Waals surface area contributed by atoms with Crippen molar-refractivity contribution in [2.24, 2.45) is 20.5 Å². The summed E-state index contributed by atoms with van der Waals surface area (Å²) < 4.78 is 34.5. The van der Waals surface area contributed by atoms with E-state index in [1.807, 2.05) is 93.9 Å². The number of nitrogens with zero attached hydrogens (tertiary/aromatic N) is 5. The molecule has 0 aromatic heterocycles. The first-order valence-corrected chi connectivity index (χ1v) is 23.3. The summed E-state index contributed by atoms with van der Waals surface area (Å²) in [6.45, 7) is 3.97. The van der Waals surface area contributed by atoms with Crippen molar-refractivity contribution in [1.29, 1.82) is 0 Å². The number of quaternary nitrogens is 1. The highest BCUT2D eigenvalue weighted by atomic mass is 31.2. The van der Waals surface area contributed by atoms with Crippen LogP contribution in [0.5, 0.6) is 0 Å². The Morgan fingerprint density at radius 1 is 0.565 bits per heavy atom. The maximum Gasteiger partial charge on any atom is 0.472 e. The normalized spacial score (nSPS) is 13.3. The molecule has 0 saturated carbocycles. The predicted octanol–water partition coefficient (Wildman–Crippen LogP) is 11.8. The van der Waals surface area contributed by atoms with Crippen LogP contribution in [0.25, 0.3) is 0 Å². The molecule has 2 unspecified atom stereocenters. The second-order valence-electron chi connectivity index (χ2n) is 16.4. The summed E-state index contributed by atoms with van der Waals surface area (Å²) in [5, 5.41) is 17.4. The lowest BCUT2D eigenvalue weighted by Gasteiger charge is -2.24. The monoisotopic (exact) mass is 870 g/mol. The van der Waals surface area contributed by atoms with Crippen LogP contribution in [0.3, 0.4) is 0 Å². The van der Waals surface area contributed by atoms with E-state index < -0.39 is 32.5 Å². The molecule has 0 bridgehead atoms. The number of esters is 2. The highest BCUT2D eigenvalue weighted by Crippen LogP contribution is 2.43. The van der Waals surface area contributed by atoms with Gasteiger partial charge in [0.25, 0.3) is 0 Å². The highest BCUT2D eigenvalue weighted by Gasteiger charge is 2.27. The first kappa shape index (κ1) is 49.7. The SMILES string of the molecule is CCCCc1ccc(N=Nc2ccc(CCCC(=O)OCC(COP(=O)(O)OCC[N+](C)(C)C)OC(=O)CCCc3ccc(N=Nc4ccc(CCCC)cc4)cc3)cc2)cc1. The second kappa shape index (κ2) is 26.5. The fourth-order valence-electron chi connectivity index (χ4n) is 6.05. The number of carbonyl (C=O) groups excluding carboxylic acids is 2. The van der Waals surface area contributed by atoms with E-state index >= 15 is 0 Å². The summed E-state index contributed by atoms with van der Waals surface area (Å²) in [4.78, 5) is 35.9. The number of hydrogen-bond donors (Lipinski definition) is 1. The lowest BCUT2D eigenvalue weighted by molar-refractivity contribution is -0.870. The van der Waals surface area contributed by atoms with E-state index in [4.69, 9.17) is 18.5 Å². The fourth-order valence-corrected chi connectivity index (χ4v) is 6.79. The van der Waals surface area contributed by atoms with Crippen LogP contribution in [-0.4, -0.2) is 74.9 Å². The molecule has 13 nitrogen and oxygen atoms in total. The zero-order valence-corrected chi connectivity index (χ0v) is 38.0. The van der Waals surface area contributed by atoms with Crippen LogP contribution in [0.4, 0.5) is 22.7 Å². The Balaban J connectivity index is 1.22. The molecule has 334 valence electrons. The second-order valence-corrected chi connectivity index (χ2v) is 17.8. The number of benzene rings is 4. The molecule has 0 saturated heterocycles. The van der Waals surface area contributed by atoms with Crippen LogP contribution in [0.15, 0.2) is 118 Å². The van der Waals surface area contributed by atoms with Crippen molar-refractivity contribution >= 4 is 42.5 Å². The fraction of sp³-hybridized carbons (Fsp3) is 0.458. The summed E-state index contributed by atoms with van der Waals surface area (Å²) in [5.74, 6) is -1.05. The summed E-state index contributed by atoms with van der Waals surface area (Å²) in [7, 11) is 1.30. The Bertz CT molecular complexity index is 2030. The molecule has 4 rings (SSSR count). The molecule has 2 atom stereocenters. The van der Waals surface area contributed by atoms with E-state index in [2.05, 4.69) is 58.6 Å². The molecule has 0 aliphatic carbocycles. The minimum Gasteiger partial charge on any atom is -0.462 e. The van der Waals surface area contributed by atoms with Crippen LogP contribution >= 0.6 is 7.82 Å². The Labute approximate surface area is 367 Å². The topological polar surface area (TPSA) is 158 Å². The van der Waals surface area contributed by atoms with E-state index in [9.17, 15) is 19.0 Å². The first-order chi connectivity index (χ1) is 29.8. The van der Waals surface area contributed by atoms with Gasteiger partial charge in [0, 0.05) is 12.8 Å². The van der Waals surface area contributed by atoms with Crippen molar-refractivity contribution in [1.82, 2.24) is 0 Å². The van der Waals surface area contributed by atoms with Gasteiger partial charge in [-0.1, -0.05) is 75.2 Å². The molecule has 14 heteroatoms. The van der Waals surface area contributed by atoms with E-state index in [-0.39, 0.29) is 26.1 Å². The number of azo groups is 2. The van der Waals surface area contributed by atoms with Crippen molar-refractivity contribution in [3.05, 3.63) is 119 Å². The van der Waals surface area contributed by atoms with Gasteiger partial charge in [0.05, 0.1) is 50.5 Å². The molecular weight excluding hydrogens is 806 g/mol. The van der Waals surface area contributed by atoms with Crippen LogP contribution in [0.2, 0.25) is 0 Å². The van der Waals surface area contributed by atoms with Crippen molar-refractivity contribution in [3.63, 3.8) is 0 Å². The minimum atomic E-state index is -4.47. The first-order valence-electron chi connectivity index (χ1n) is 21.8. The van der Waals surface area contributed by atoms with Crippen LogP contribution < -0.4 is 0 Å². The summed E-state index contributed by atoms with van der Waals surface area (Å²) in [6, 6.07) is 31.6. The number of aryl methyl sites for hydroxylation is 4. The van der Waals surface area contributed by atoms with E-state index in [0.29, 0.717) is 36.7 Å². The number of phosphoric acid groups is 1. The third-order valence-corrected chi connectivity index (χ3v) is 10.8. The molecule has 0 heterocycles. The lowest BCUT2D eigenvalue weighted by atomic mass is 10.1. The van der Waals surface area contributed by atoms with Crippen molar-refractivity contribution in [3.8, 4) is 0 Å². The van der Waals surface area contributed by atoms with Crippen molar-refractivity contribution in [2.75, 3.05) is 47.5 Å². The molecule has 62 heavy (non-hydrogen) atoms. The molecule has 0 spiro atoms. The predicted molar refractivity (Wildman–Crippen MR) is 243 cm³/mol. The van der Waals surface area contributed by atoms with Crippen molar-refractivity contribution in [2.45, 2.75) is 97.0 Å². The van der Waals surface area contributed by atoms with Gasteiger partial charge < -0.3 is 18.9 Å². The maximum absolute atomic E-state index is 12.9. The van der Waals surface area contributed by atoms with E-state index in [0.717, 1.165) is 72.4 Å². The highest BCUT2D eigenvalue weighted by molar-refractivity contribution is 7.47. The largest absolute Gasteiger partial charge is 0.472 e. The van der Waals surface area contributed by atoms with Gasteiger partial charge in [-0.3, -0.25) is 18.6 Å². The number of carbonyl (C=O) groups is 2. The molecule has 4 aromatic rings. The average Bonchev–Trinajstić information content (AvgIpc) is 3.25. The Morgan fingerprint density at radius 2 is 0.935 bits per heavy atom. The van der Waals surface area contributed by atoms with Crippen LogP contribution in [0, 0.1) is 0 Å². The Hall–Kier alpha value is -4.91. The zero-order valence-electron chi connectivity index (χ0n) is 37.1. The van der Waals surface area contributed by atoms with Gasteiger partial charge in [-0.25, -0.2) is 4.57 Å². The molecule has 4 aromatic carbocycles. The Kier molecular flexibility index (Phi) is 21.3. The molecular formula is C48H65N5O8P+. The number of hydrogen-bond acceptors (Lipinski definition) is 11. The average molecular weight is 871 g/mol. The lowest BCUT2D eigenvalue weighted by Crippen LogP contribution is -2.37. The van der Waals surface area contributed by atoms with Gasteiger partial charge in [0.1, 0.15) is 19.8 Å². The van der Waals surface area contributed by atoms with E-state index in [1.54, 1.807) is 0 Å². The molecule has 0 amide bonds. The van der Waals surface area contributed by atoms with Gasteiger partial charge in [0.15, 0.2) is 6.10 Å². The number of ether oxygens (including phenoxy) is 2. The molecule has 0 aliphatic heterocycles. The number of rotatable bonds is 28. The summed E-state index contributed by atoms with van der Waals surface area (Å²) in [5.41, 5.74) is 7.66.